The molecular formula is C20H26N2O4. The summed E-state index contributed by atoms with van der Waals surface area (Å²) < 4.78 is 0. The molecule has 0 spiro atoms. The van der Waals surface area contributed by atoms with E-state index in [1.54, 1.807) is 0 Å². The number of carbonyl (C=O) groups is 2. The van der Waals surface area contributed by atoms with Crippen molar-refractivity contribution in [2.75, 3.05) is 0 Å². The molecule has 0 aromatic heterocycles. The fourth-order valence-electron chi connectivity index (χ4n) is 2.92. The highest BCUT2D eigenvalue weighted by Crippen LogP contribution is 2.22. The number of carboxylic acid groups (broad SMARTS) is 1. The van der Waals surface area contributed by atoms with Gasteiger partial charge in [-0.2, -0.15) is 0 Å². The van der Waals surface area contributed by atoms with E-state index in [1.165, 1.54) is 6.92 Å². The molecule has 0 aliphatic heterocycles. The molecule has 1 aliphatic rings. The molecule has 1 aliphatic carbocycles. The number of nitrogens with two attached hydrogens (primary N) is 1. The molecular weight excluding hydrogens is 332 g/mol. The Balaban J connectivity index is 2.02. The monoisotopic (exact) mass is 358 g/mol. The zero-order chi connectivity index (χ0) is 19.2. The Morgan fingerprint density at radius 2 is 1.96 bits per heavy atom. The van der Waals surface area contributed by atoms with Crippen LogP contribution in [0, 0.1) is 0 Å². The van der Waals surface area contributed by atoms with Gasteiger partial charge in [0.2, 0.25) is 0 Å². The molecule has 6 heteroatoms. The summed E-state index contributed by atoms with van der Waals surface area (Å²) in [6.45, 7) is 1.44. The van der Waals surface area contributed by atoms with E-state index in [2.05, 4.69) is 5.32 Å². The summed E-state index contributed by atoms with van der Waals surface area (Å²) in [6.07, 6.45) is 6.54. The van der Waals surface area contributed by atoms with Gasteiger partial charge in [0.25, 0.3) is 5.91 Å². The number of aliphatic carboxylic acids is 1. The lowest BCUT2D eigenvalue weighted by Gasteiger charge is -2.29. The van der Waals surface area contributed by atoms with Gasteiger partial charge in [0.1, 0.15) is 11.6 Å². The second-order valence-electron chi connectivity index (χ2n) is 6.86. The lowest BCUT2D eigenvalue weighted by Crippen LogP contribution is -2.58. The predicted octanol–water partition coefficient (Wildman–Crippen LogP) is 1.54. The number of nitrogens with one attached hydrogen (secondary N) is 1. The van der Waals surface area contributed by atoms with Crippen LogP contribution in [0.3, 0.4) is 0 Å². The Hall–Kier alpha value is -2.44. The van der Waals surface area contributed by atoms with Crippen LogP contribution >= 0.6 is 0 Å². The zero-order valence-corrected chi connectivity index (χ0v) is 14.9. The van der Waals surface area contributed by atoms with Crippen LogP contribution in [-0.2, 0) is 16.0 Å². The molecule has 0 saturated heterocycles. The predicted molar refractivity (Wildman–Crippen MR) is 99.4 cm³/mol. The minimum Gasteiger partial charge on any atom is -0.480 e. The van der Waals surface area contributed by atoms with Gasteiger partial charge in [0.05, 0.1) is 0 Å². The first-order chi connectivity index (χ1) is 12.3. The molecule has 3 atom stereocenters. The highest BCUT2D eigenvalue weighted by Gasteiger charge is 2.38. The van der Waals surface area contributed by atoms with Crippen molar-refractivity contribution in [3.8, 4) is 0 Å². The van der Waals surface area contributed by atoms with Crippen LogP contribution in [-0.4, -0.2) is 39.8 Å². The molecule has 1 aromatic rings. The van der Waals surface area contributed by atoms with Crippen LogP contribution in [0.5, 0.6) is 0 Å². The van der Waals surface area contributed by atoms with E-state index in [-0.39, 0.29) is 6.42 Å². The smallest absolute Gasteiger partial charge is 0.329 e. The van der Waals surface area contributed by atoms with Crippen molar-refractivity contribution >= 4 is 11.9 Å². The number of carbonyl (C=O) groups excluding carboxylic acids is 1. The topological polar surface area (TPSA) is 113 Å². The number of aliphatic hydroxyl groups is 1. The third-order valence-electron chi connectivity index (χ3n) is 4.49. The number of benzene rings is 1. The standard InChI is InChI=1S/C20H26N2O4/c1-20(19(25)26,13-15-10-6-3-7-11-15)22-18(24)17(23)16(21)12-14-8-4-2-5-9-14/h2,4-6,8-11,16-17,23H,3,7,12-13,21H2,1H3,(H,22,24)(H,25,26). The molecule has 1 amide bonds. The number of hydrogen-bond donors (Lipinski definition) is 4. The Labute approximate surface area is 153 Å². The van der Waals surface area contributed by atoms with Gasteiger partial charge in [-0.3, -0.25) is 4.79 Å². The summed E-state index contributed by atoms with van der Waals surface area (Å²) in [6, 6.07) is 8.44. The van der Waals surface area contributed by atoms with Crippen LogP contribution in [0.15, 0.2) is 54.1 Å². The van der Waals surface area contributed by atoms with Gasteiger partial charge in [-0.25, -0.2) is 4.79 Å². The van der Waals surface area contributed by atoms with Crippen molar-refractivity contribution in [2.45, 2.75) is 50.3 Å². The van der Waals surface area contributed by atoms with Gasteiger partial charge in [0, 0.05) is 12.5 Å². The van der Waals surface area contributed by atoms with Gasteiger partial charge < -0.3 is 21.3 Å². The first kappa shape index (κ1) is 19.9. The first-order valence-electron chi connectivity index (χ1n) is 8.70. The maximum absolute atomic E-state index is 12.4. The number of aliphatic hydroxyl groups excluding tert-OH is 1. The molecule has 0 radical (unpaired) electrons. The highest BCUT2D eigenvalue weighted by molar-refractivity contribution is 5.89. The van der Waals surface area contributed by atoms with Crippen molar-refractivity contribution in [1.82, 2.24) is 5.32 Å². The Bertz CT molecular complexity index is 699. The molecule has 140 valence electrons. The van der Waals surface area contributed by atoms with Crippen LogP contribution in [0.4, 0.5) is 0 Å². The molecule has 3 unspecified atom stereocenters. The molecule has 6 nitrogen and oxygen atoms in total. The third kappa shape index (κ3) is 5.28. The van der Waals surface area contributed by atoms with E-state index < -0.39 is 29.6 Å². The minimum atomic E-state index is -1.52. The van der Waals surface area contributed by atoms with E-state index in [9.17, 15) is 19.8 Å². The number of amides is 1. The van der Waals surface area contributed by atoms with Crippen molar-refractivity contribution in [1.29, 1.82) is 0 Å². The first-order valence-corrected chi connectivity index (χ1v) is 8.70. The average molecular weight is 358 g/mol. The van der Waals surface area contributed by atoms with Gasteiger partial charge in [-0.05, 0) is 37.3 Å². The third-order valence-corrected chi connectivity index (χ3v) is 4.49. The summed E-state index contributed by atoms with van der Waals surface area (Å²) in [5.41, 5.74) is 6.18. The number of hydrogen-bond acceptors (Lipinski definition) is 4. The summed E-state index contributed by atoms with van der Waals surface area (Å²) >= 11 is 0. The summed E-state index contributed by atoms with van der Waals surface area (Å²) in [7, 11) is 0. The molecule has 0 fully saturated rings. The zero-order valence-electron chi connectivity index (χ0n) is 14.9. The Kier molecular flexibility index (Phi) is 6.71. The molecule has 0 saturated carbocycles. The SMILES string of the molecule is CC(CC1=CCCC=C1)(NC(=O)C(O)C(N)Cc1ccccc1)C(=O)O. The summed E-state index contributed by atoms with van der Waals surface area (Å²) in [4.78, 5) is 24.1. The van der Waals surface area contributed by atoms with Crippen LogP contribution < -0.4 is 11.1 Å². The highest BCUT2D eigenvalue weighted by atomic mass is 16.4. The molecule has 2 rings (SSSR count). The number of carboxylic acids is 1. The molecule has 0 bridgehead atoms. The van der Waals surface area contributed by atoms with Gasteiger partial charge in [-0.15, -0.1) is 0 Å². The average Bonchev–Trinajstić information content (AvgIpc) is 2.62. The lowest BCUT2D eigenvalue weighted by molar-refractivity contribution is -0.148. The fourth-order valence-corrected chi connectivity index (χ4v) is 2.92. The van der Waals surface area contributed by atoms with E-state index in [4.69, 9.17) is 5.73 Å². The molecule has 26 heavy (non-hydrogen) atoms. The van der Waals surface area contributed by atoms with E-state index in [0.29, 0.717) is 6.42 Å². The van der Waals surface area contributed by atoms with Crippen molar-refractivity contribution in [2.24, 2.45) is 5.73 Å². The van der Waals surface area contributed by atoms with Crippen LogP contribution in [0.1, 0.15) is 31.7 Å². The maximum Gasteiger partial charge on any atom is 0.329 e. The van der Waals surface area contributed by atoms with Crippen molar-refractivity contribution < 1.29 is 19.8 Å². The quantitative estimate of drug-likeness (QED) is 0.563. The van der Waals surface area contributed by atoms with E-state index in [0.717, 1.165) is 24.0 Å². The fraction of sp³-hybridized carbons (Fsp3) is 0.400. The summed E-state index contributed by atoms with van der Waals surface area (Å²) in [5, 5.41) is 22.3. The Morgan fingerprint density at radius 3 is 2.54 bits per heavy atom. The minimum absolute atomic E-state index is 0.144. The molecule has 5 N–H and O–H groups in total. The molecule has 0 heterocycles. The van der Waals surface area contributed by atoms with Crippen LogP contribution in [0.2, 0.25) is 0 Å². The van der Waals surface area contributed by atoms with Crippen LogP contribution in [0.25, 0.3) is 0 Å². The summed E-state index contributed by atoms with van der Waals surface area (Å²) in [5.74, 6) is -1.94. The van der Waals surface area contributed by atoms with Crippen molar-refractivity contribution in [3.05, 3.63) is 59.7 Å². The normalized spacial score (nSPS) is 18.3. The van der Waals surface area contributed by atoms with Gasteiger partial charge in [-0.1, -0.05) is 48.6 Å². The van der Waals surface area contributed by atoms with Gasteiger partial charge >= 0.3 is 5.97 Å². The maximum atomic E-state index is 12.4. The Morgan fingerprint density at radius 1 is 1.27 bits per heavy atom. The lowest BCUT2D eigenvalue weighted by atomic mass is 9.89. The number of allylic oxidation sites excluding steroid dienone is 3. The van der Waals surface area contributed by atoms with E-state index in [1.807, 2.05) is 48.6 Å². The van der Waals surface area contributed by atoms with E-state index >= 15 is 0 Å². The largest absolute Gasteiger partial charge is 0.480 e. The van der Waals surface area contributed by atoms with Gasteiger partial charge in [0.15, 0.2) is 0 Å². The van der Waals surface area contributed by atoms with Crippen molar-refractivity contribution in [3.63, 3.8) is 0 Å². The number of rotatable bonds is 8. The second kappa shape index (κ2) is 8.78. The molecule has 1 aromatic carbocycles. The second-order valence-corrected chi connectivity index (χ2v) is 6.86.